The SMILES string of the molecule is COc1ccc(NC(N)=NCc2c(C)noc2C)cc1. The summed E-state index contributed by atoms with van der Waals surface area (Å²) in [5, 5.41) is 6.89. The standard InChI is InChI=1S/C14H18N4O2/c1-9-13(10(2)20-18-9)8-16-14(15)17-11-4-6-12(19-3)7-5-11/h4-7H,8H2,1-3H3,(H3,15,16,17). The molecule has 6 nitrogen and oxygen atoms in total. The van der Waals surface area contributed by atoms with Gasteiger partial charge in [0.1, 0.15) is 11.5 Å². The third-order valence-corrected chi connectivity index (χ3v) is 2.95. The molecule has 0 unspecified atom stereocenters. The maximum absolute atomic E-state index is 5.85. The Balaban J connectivity index is 2.00. The Hall–Kier alpha value is -2.50. The van der Waals surface area contributed by atoms with Crippen LogP contribution in [-0.4, -0.2) is 18.2 Å². The minimum Gasteiger partial charge on any atom is -0.497 e. The van der Waals surface area contributed by atoms with Crippen molar-refractivity contribution in [1.82, 2.24) is 5.16 Å². The molecule has 6 heteroatoms. The van der Waals surface area contributed by atoms with E-state index >= 15 is 0 Å². The Morgan fingerprint density at radius 1 is 1.35 bits per heavy atom. The van der Waals surface area contributed by atoms with E-state index in [9.17, 15) is 0 Å². The van der Waals surface area contributed by atoms with Crippen LogP contribution in [0.5, 0.6) is 5.75 Å². The van der Waals surface area contributed by atoms with E-state index in [1.165, 1.54) is 0 Å². The summed E-state index contributed by atoms with van der Waals surface area (Å²) in [4.78, 5) is 4.28. The number of nitrogens with two attached hydrogens (primary N) is 1. The first-order valence-electron chi connectivity index (χ1n) is 6.23. The zero-order valence-corrected chi connectivity index (χ0v) is 11.8. The van der Waals surface area contributed by atoms with Crippen LogP contribution in [0, 0.1) is 13.8 Å². The minimum absolute atomic E-state index is 0.343. The summed E-state index contributed by atoms with van der Waals surface area (Å²) in [5.41, 5.74) is 8.50. The molecule has 0 radical (unpaired) electrons. The zero-order valence-electron chi connectivity index (χ0n) is 11.8. The van der Waals surface area contributed by atoms with Gasteiger partial charge in [0.15, 0.2) is 5.96 Å². The number of ether oxygens (including phenoxy) is 1. The number of anilines is 1. The third kappa shape index (κ3) is 3.28. The Morgan fingerprint density at radius 3 is 2.60 bits per heavy atom. The van der Waals surface area contributed by atoms with Crippen molar-refractivity contribution in [1.29, 1.82) is 0 Å². The topological polar surface area (TPSA) is 85.7 Å². The molecule has 0 saturated carbocycles. The van der Waals surface area contributed by atoms with Crippen molar-refractivity contribution >= 4 is 11.6 Å². The van der Waals surface area contributed by atoms with Crippen molar-refractivity contribution in [2.24, 2.45) is 10.7 Å². The van der Waals surface area contributed by atoms with Crippen molar-refractivity contribution in [2.45, 2.75) is 20.4 Å². The molecule has 2 aromatic rings. The van der Waals surface area contributed by atoms with E-state index in [0.29, 0.717) is 12.5 Å². The lowest BCUT2D eigenvalue weighted by molar-refractivity contribution is 0.392. The lowest BCUT2D eigenvalue weighted by Crippen LogP contribution is -2.22. The second-order valence-electron chi connectivity index (χ2n) is 4.36. The summed E-state index contributed by atoms with van der Waals surface area (Å²) in [5.74, 6) is 1.90. The molecule has 0 aliphatic heterocycles. The maximum atomic E-state index is 5.85. The van der Waals surface area contributed by atoms with E-state index in [1.807, 2.05) is 38.1 Å². The Morgan fingerprint density at radius 2 is 2.05 bits per heavy atom. The second-order valence-corrected chi connectivity index (χ2v) is 4.36. The predicted octanol–water partition coefficient (Wildman–Crippen LogP) is 2.23. The molecule has 2 rings (SSSR count). The fraction of sp³-hybridized carbons (Fsp3) is 0.286. The van der Waals surface area contributed by atoms with Crippen LogP contribution in [0.15, 0.2) is 33.8 Å². The number of benzene rings is 1. The lowest BCUT2D eigenvalue weighted by Gasteiger charge is -2.06. The van der Waals surface area contributed by atoms with E-state index in [-0.39, 0.29) is 0 Å². The molecule has 3 N–H and O–H groups in total. The average molecular weight is 274 g/mol. The van der Waals surface area contributed by atoms with E-state index in [0.717, 1.165) is 28.5 Å². The average Bonchev–Trinajstić information content (AvgIpc) is 2.77. The number of rotatable bonds is 4. The first kappa shape index (κ1) is 13.9. The van der Waals surface area contributed by atoms with Crippen LogP contribution in [-0.2, 0) is 6.54 Å². The Labute approximate surface area is 117 Å². The fourth-order valence-electron chi connectivity index (χ4n) is 1.75. The number of methoxy groups -OCH3 is 1. The third-order valence-electron chi connectivity index (χ3n) is 2.95. The van der Waals surface area contributed by atoms with Crippen LogP contribution >= 0.6 is 0 Å². The summed E-state index contributed by atoms with van der Waals surface area (Å²) >= 11 is 0. The second kappa shape index (κ2) is 6.10. The molecule has 0 aliphatic carbocycles. The van der Waals surface area contributed by atoms with Crippen molar-refractivity contribution in [3.8, 4) is 5.75 Å². The van der Waals surface area contributed by atoms with Crippen LogP contribution in [0.25, 0.3) is 0 Å². The number of aryl methyl sites for hydroxylation is 2. The largest absolute Gasteiger partial charge is 0.497 e. The Kier molecular flexibility index (Phi) is 4.24. The van der Waals surface area contributed by atoms with Crippen LogP contribution in [0.3, 0.4) is 0 Å². The van der Waals surface area contributed by atoms with Gasteiger partial charge in [0.05, 0.1) is 19.3 Å². The highest BCUT2D eigenvalue weighted by molar-refractivity contribution is 5.92. The molecule has 1 aromatic heterocycles. The molecule has 20 heavy (non-hydrogen) atoms. The number of hydrogen-bond acceptors (Lipinski definition) is 4. The summed E-state index contributed by atoms with van der Waals surface area (Å²) in [6.07, 6.45) is 0. The highest BCUT2D eigenvalue weighted by atomic mass is 16.5. The monoisotopic (exact) mass is 274 g/mol. The first-order chi connectivity index (χ1) is 9.60. The van der Waals surface area contributed by atoms with Gasteiger partial charge in [0.2, 0.25) is 0 Å². The van der Waals surface area contributed by atoms with Gasteiger partial charge < -0.3 is 20.3 Å². The van der Waals surface area contributed by atoms with Crippen molar-refractivity contribution in [2.75, 3.05) is 12.4 Å². The van der Waals surface area contributed by atoms with Crippen LogP contribution in [0.2, 0.25) is 0 Å². The molecule has 106 valence electrons. The van der Waals surface area contributed by atoms with Crippen molar-refractivity contribution in [3.63, 3.8) is 0 Å². The van der Waals surface area contributed by atoms with Crippen molar-refractivity contribution in [3.05, 3.63) is 41.3 Å². The van der Waals surface area contributed by atoms with Crippen LogP contribution < -0.4 is 15.8 Å². The number of aliphatic imine (C=N–C) groups is 1. The molecule has 0 bridgehead atoms. The van der Waals surface area contributed by atoms with Gasteiger partial charge in [-0.25, -0.2) is 4.99 Å². The molecule has 0 spiro atoms. The highest BCUT2D eigenvalue weighted by Gasteiger charge is 2.07. The number of nitrogens with one attached hydrogen (secondary N) is 1. The fourth-order valence-corrected chi connectivity index (χ4v) is 1.75. The molecule has 0 atom stereocenters. The molecule has 1 aromatic carbocycles. The van der Waals surface area contributed by atoms with Gasteiger partial charge in [-0.3, -0.25) is 0 Å². The maximum Gasteiger partial charge on any atom is 0.193 e. The first-order valence-corrected chi connectivity index (χ1v) is 6.23. The molecule has 0 amide bonds. The minimum atomic E-state index is 0.343. The van der Waals surface area contributed by atoms with Gasteiger partial charge in [-0.15, -0.1) is 0 Å². The lowest BCUT2D eigenvalue weighted by atomic mass is 10.2. The molecule has 0 saturated heterocycles. The smallest absolute Gasteiger partial charge is 0.193 e. The highest BCUT2D eigenvalue weighted by Crippen LogP contribution is 2.15. The molecule has 0 fully saturated rings. The summed E-state index contributed by atoms with van der Waals surface area (Å²) in [6.45, 7) is 4.18. The van der Waals surface area contributed by atoms with Gasteiger partial charge in [0, 0.05) is 11.3 Å². The van der Waals surface area contributed by atoms with E-state index < -0.39 is 0 Å². The molecular weight excluding hydrogens is 256 g/mol. The van der Waals surface area contributed by atoms with Crippen LogP contribution in [0.1, 0.15) is 17.0 Å². The number of nitrogens with zero attached hydrogens (tertiary/aromatic N) is 2. The molecule has 1 heterocycles. The number of aromatic nitrogens is 1. The summed E-state index contributed by atoms with van der Waals surface area (Å²) in [6, 6.07) is 7.45. The van der Waals surface area contributed by atoms with Gasteiger partial charge in [-0.1, -0.05) is 5.16 Å². The van der Waals surface area contributed by atoms with Crippen molar-refractivity contribution < 1.29 is 9.26 Å². The Bertz CT molecular complexity index is 583. The van der Waals surface area contributed by atoms with Gasteiger partial charge in [-0.05, 0) is 38.1 Å². The van der Waals surface area contributed by atoms with E-state index in [1.54, 1.807) is 7.11 Å². The van der Waals surface area contributed by atoms with E-state index in [2.05, 4.69) is 15.5 Å². The number of hydrogen-bond donors (Lipinski definition) is 2. The van der Waals surface area contributed by atoms with E-state index in [4.69, 9.17) is 15.0 Å². The van der Waals surface area contributed by atoms with Gasteiger partial charge in [0.25, 0.3) is 0 Å². The number of guanidine groups is 1. The normalized spacial score (nSPS) is 11.4. The summed E-state index contributed by atoms with van der Waals surface area (Å²) in [7, 11) is 1.63. The summed E-state index contributed by atoms with van der Waals surface area (Å²) < 4.78 is 10.2. The quantitative estimate of drug-likeness (QED) is 0.659. The molecular formula is C14H18N4O2. The zero-order chi connectivity index (χ0) is 14.5. The predicted molar refractivity (Wildman–Crippen MR) is 77.9 cm³/mol. The van der Waals surface area contributed by atoms with Crippen LogP contribution in [0.4, 0.5) is 5.69 Å². The molecule has 0 aliphatic rings. The van der Waals surface area contributed by atoms with Gasteiger partial charge in [-0.2, -0.15) is 0 Å². The van der Waals surface area contributed by atoms with Gasteiger partial charge >= 0.3 is 0 Å².